The van der Waals surface area contributed by atoms with Crippen LogP contribution in [0.3, 0.4) is 0 Å². The van der Waals surface area contributed by atoms with Crippen LogP contribution in [0.4, 0.5) is 0 Å². The summed E-state index contributed by atoms with van der Waals surface area (Å²) >= 11 is 0. The Kier molecular flexibility index (Phi) is 7.74. The van der Waals surface area contributed by atoms with Gasteiger partial charge in [-0.05, 0) is 99.0 Å². The van der Waals surface area contributed by atoms with Crippen molar-refractivity contribution in [3.05, 3.63) is 194 Å². The molecule has 0 N–H and O–H groups in total. The molecule has 2 heterocycles. The van der Waals surface area contributed by atoms with Gasteiger partial charge in [-0.2, -0.15) is 0 Å². The summed E-state index contributed by atoms with van der Waals surface area (Å²) in [5, 5.41) is 2.43. The first kappa shape index (κ1) is 31.6. The number of aromatic nitrogens is 2. The smallest absolute Gasteiger partial charge is 0.0541 e. The van der Waals surface area contributed by atoms with Gasteiger partial charge in [0.25, 0.3) is 0 Å². The second-order valence-corrected chi connectivity index (χ2v) is 14.7. The van der Waals surface area contributed by atoms with E-state index in [4.69, 9.17) is 0 Å². The van der Waals surface area contributed by atoms with Crippen molar-refractivity contribution >= 4 is 21.8 Å². The molecule has 9 aromatic rings. The summed E-state index contributed by atoms with van der Waals surface area (Å²) in [6.07, 6.45) is 0. The second kappa shape index (κ2) is 12.7. The van der Waals surface area contributed by atoms with Crippen LogP contribution in [-0.2, 0) is 5.41 Å². The van der Waals surface area contributed by atoms with E-state index < -0.39 is 0 Å². The predicted molar refractivity (Wildman–Crippen MR) is 221 cm³/mol. The number of fused-ring (bicyclic) bond motifs is 2. The van der Waals surface area contributed by atoms with Crippen LogP contribution in [0.2, 0.25) is 0 Å². The maximum atomic E-state index is 2.42. The van der Waals surface area contributed by atoms with Gasteiger partial charge in [-0.15, -0.1) is 0 Å². The van der Waals surface area contributed by atoms with Gasteiger partial charge in [-0.25, -0.2) is 0 Å². The lowest BCUT2D eigenvalue weighted by Gasteiger charge is -2.20. The van der Waals surface area contributed by atoms with Crippen LogP contribution in [0, 0.1) is 0 Å². The van der Waals surface area contributed by atoms with E-state index in [2.05, 4.69) is 218 Å². The van der Waals surface area contributed by atoms with E-state index >= 15 is 0 Å². The zero-order valence-electron chi connectivity index (χ0n) is 29.8. The highest BCUT2D eigenvalue weighted by atomic mass is 15.0. The molecule has 0 atom stereocenters. The number of benzene rings is 7. The SMILES string of the molecule is CC(C)(C)c1ccc(-n2c(-c3ccccc3)cc3ccc(-c4ccc5c(c4)cc(-c4ccccc4)n5-c4ccc(-c5ccccc5)cc4)cc32)cc1. The normalized spacial score (nSPS) is 11.8. The van der Waals surface area contributed by atoms with Gasteiger partial charge in [0.1, 0.15) is 0 Å². The Labute approximate surface area is 305 Å². The van der Waals surface area contributed by atoms with Crippen molar-refractivity contribution in [3.63, 3.8) is 0 Å². The summed E-state index contributed by atoms with van der Waals surface area (Å²) < 4.78 is 4.81. The molecule has 0 fully saturated rings. The molecule has 0 amide bonds. The Morgan fingerprint density at radius 2 is 0.769 bits per heavy atom. The highest BCUT2D eigenvalue weighted by molar-refractivity contribution is 5.96. The molecule has 9 rings (SSSR count). The molecule has 52 heavy (non-hydrogen) atoms. The van der Waals surface area contributed by atoms with Gasteiger partial charge in [0.2, 0.25) is 0 Å². The summed E-state index contributed by atoms with van der Waals surface area (Å²) in [6.45, 7) is 6.80. The zero-order chi connectivity index (χ0) is 35.2. The summed E-state index contributed by atoms with van der Waals surface area (Å²) in [7, 11) is 0. The first-order chi connectivity index (χ1) is 25.4. The van der Waals surface area contributed by atoms with Crippen LogP contribution in [0.15, 0.2) is 188 Å². The lowest BCUT2D eigenvalue weighted by atomic mass is 9.87. The molecule has 0 aliphatic carbocycles. The topological polar surface area (TPSA) is 9.86 Å². The monoisotopic (exact) mass is 668 g/mol. The molecule has 0 saturated carbocycles. The van der Waals surface area contributed by atoms with E-state index in [1.165, 1.54) is 72.1 Å². The van der Waals surface area contributed by atoms with Crippen molar-refractivity contribution in [2.45, 2.75) is 26.2 Å². The first-order valence-corrected chi connectivity index (χ1v) is 18.1. The standard InChI is InChI=1S/C50H40N2/c1-50(2,3)43-24-28-45(29-25-43)52-47(37-15-9-5-10-16-37)33-41-20-19-40(32-49(41)52)39-23-30-46-42(31-39)34-48(38-17-11-6-12-18-38)51(46)44-26-21-36(22-27-44)35-13-7-4-8-14-35/h4-34H,1-3H3. The number of rotatable bonds is 6. The van der Waals surface area contributed by atoms with E-state index in [0.29, 0.717) is 0 Å². The van der Waals surface area contributed by atoms with Crippen molar-refractivity contribution in [2.75, 3.05) is 0 Å². The van der Waals surface area contributed by atoms with Gasteiger partial charge in [0.05, 0.1) is 22.4 Å². The fourth-order valence-electron chi connectivity index (χ4n) is 7.52. The van der Waals surface area contributed by atoms with Crippen LogP contribution in [-0.4, -0.2) is 9.13 Å². The molecular weight excluding hydrogens is 629 g/mol. The number of hydrogen-bond acceptors (Lipinski definition) is 0. The van der Waals surface area contributed by atoms with E-state index in [0.717, 1.165) is 11.4 Å². The molecule has 0 aliphatic heterocycles. The fourth-order valence-corrected chi connectivity index (χ4v) is 7.52. The Morgan fingerprint density at radius 1 is 0.327 bits per heavy atom. The molecule has 2 aromatic heterocycles. The Morgan fingerprint density at radius 3 is 1.35 bits per heavy atom. The van der Waals surface area contributed by atoms with Crippen LogP contribution in [0.25, 0.3) is 77.9 Å². The van der Waals surface area contributed by atoms with Crippen molar-refractivity contribution in [1.29, 1.82) is 0 Å². The average Bonchev–Trinajstić information content (AvgIpc) is 3.77. The number of nitrogens with zero attached hydrogens (tertiary/aromatic N) is 2. The Balaban J connectivity index is 1.18. The summed E-state index contributed by atoms with van der Waals surface area (Å²) in [5.41, 5.74) is 15.7. The van der Waals surface area contributed by atoms with Crippen molar-refractivity contribution in [1.82, 2.24) is 9.13 Å². The third kappa shape index (κ3) is 5.73. The Bertz CT molecular complexity index is 2650. The molecular formula is C50H40N2. The summed E-state index contributed by atoms with van der Waals surface area (Å²) in [4.78, 5) is 0. The molecule has 0 unspecified atom stereocenters. The maximum Gasteiger partial charge on any atom is 0.0541 e. The second-order valence-electron chi connectivity index (χ2n) is 14.7. The van der Waals surface area contributed by atoms with Crippen molar-refractivity contribution in [3.8, 4) is 56.1 Å². The highest BCUT2D eigenvalue weighted by Gasteiger charge is 2.18. The molecule has 0 aliphatic rings. The van der Waals surface area contributed by atoms with Gasteiger partial charge in [0.15, 0.2) is 0 Å². The zero-order valence-corrected chi connectivity index (χ0v) is 29.8. The summed E-state index contributed by atoms with van der Waals surface area (Å²) in [5.74, 6) is 0. The first-order valence-electron chi connectivity index (χ1n) is 18.1. The van der Waals surface area contributed by atoms with Crippen molar-refractivity contribution in [2.24, 2.45) is 0 Å². The fraction of sp³-hybridized carbons (Fsp3) is 0.0800. The average molecular weight is 669 g/mol. The predicted octanol–water partition coefficient (Wildman–Crippen LogP) is 13.5. The van der Waals surface area contributed by atoms with Crippen molar-refractivity contribution < 1.29 is 0 Å². The lowest BCUT2D eigenvalue weighted by molar-refractivity contribution is 0.590. The van der Waals surface area contributed by atoms with E-state index in [1.807, 2.05) is 0 Å². The largest absolute Gasteiger partial charge is 0.309 e. The third-order valence-corrected chi connectivity index (χ3v) is 10.3. The molecule has 0 radical (unpaired) electrons. The van der Waals surface area contributed by atoms with E-state index in [-0.39, 0.29) is 5.41 Å². The summed E-state index contributed by atoms with van der Waals surface area (Å²) in [6, 6.07) is 68.5. The molecule has 250 valence electrons. The van der Waals surface area contributed by atoms with E-state index in [1.54, 1.807) is 0 Å². The van der Waals surface area contributed by atoms with Crippen LogP contribution >= 0.6 is 0 Å². The van der Waals surface area contributed by atoms with Crippen LogP contribution < -0.4 is 0 Å². The van der Waals surface area contributed by atoms with Gasteiger partial charge >= 0.3 is 0 Å². The van der Waals surface area contributed by atoms with Gasteiger partial charge < -0.3 is 9.13 Å². The molecule has 0 saturated heterocycles. The van der Waals surface area contributed by atoms with Gasteiger partial charge in [0, 0.05) is 22.1 Å². The molecule has 2 nitrogen and oxygen atoms in total. The number of hydrogen-bond donors (Lipinski definition) is 0. The minimum absolute atomic E-state index is 0.0936. The van der Waals surface area contributed by atoms with Crippen LogP contribution in [0.5, 0.6) is 0 Å². The molecule has 2 heteroatoms. The van der Waals surface area contributed by atoms with Gasteiger partial charge in [-0.1, -0.05) is 154 Å². The molecule has 7 aromatic carbocycles. The van der Waals surface area contributed by atoms with E-state index in [9.17, 15) is 0 Å². The third-order valence-electron chi connectivity index (χ3n) is 10.3. The Hall–Kier alpha value is -6.38. The quantitative estimate of drug-likeness (QED) is 0.167. The van der Waals surface area contributed by atoms with Gasteiger partial charge in [-0.3, -0.25) is 0 Å². The van der Waals surface area contributed by atoms with Crippen LogP contribution in [0.1, 0.15) is 26.3 Å². The minimum atomic E-state index is 0.0936. The lowest BCUT2D eigenvalue weighted by Crippen LogP contribution is -2.10. The maximum absolute atomic E-state index is 2.42. The highest BCUT2D eigenvalue weighted by Crippen LogP contribution is 2.38. The molecule has 0 bridgehead atoms. The molecule has 0 spiro atoms. The minimum Gasteiger partial charge on any atom is -0.309 e.